The number of unbranched alkanes of at least 4 members (excludes halogenated alkanes) is 10. The molecule has 0 fully saturated rings. The van der Waals surface area contributed by atoms with Crippen LogP contribution in [-0.4, -0.2) is 13.2 Å². The molecule has 0 saturated heterocycles. The van der Waals surface area contributed by atoms with Crippen molar-refractivity contribution in [1.82, 2.24) is 0 Å². The van der Waals surface area contributed by atoms with Crippen molar-refractivity contribution in [2.45, 2.75) is 170 Å². The van der Waals surface area contributed by atoms with Gasteiger partial charge in [0.15, 0.2) is 0 Å². The Morgan fingerprint density at radius 1 is 0.424 bits per heavy atom. The van der Waals surface area contributed by atoms with Crippen LogP contribution in [0.2, 0.25) is 0 Å². The molecule has 4 unspecified atom stereocenters. The van der Waals surface area contributed by atoms with Crippen LogP contribution >= 0.6 is 0 Å². The van der Waals surface area contributed by atoms with Gasteiger partial charge in [0.25, 0.3) is 0 Å². The second-order valence-electron chi connectivity index (χ2n) is 11.3. The summed E-state index contributed by atoms with van der Waals surface area (Å²) < 4.78 is 5.90. The Bertz CT molecular complexity index is 332. The SMILES string of the molecule is CCCCC(C)C(CC)CCCCCCCOCCCCCCCC(CC)C(C)CCCC. The van der Waals surface area contributed by atoms with E-state index < -0.39 is 0 Å². The summed E-state index contributed by atoms with van der Waals surface area (Å²) >= 11 is 0. The van der Waals surface area contributed by atoms with Crippen molar-refractivity contribution >= 4 is 0 Å². The fourth-order valence-corrected chi connectivity index (χ4v) is 5.69. The average molecular weight is 467 g/mol. The Hall–Kier alpha value is -0.0400. The largest absolute Gasteiger partial charge is 0.381 e. The molecular weight excluding hydrogens is 400 g/mol. The van der Waals surface area contributed by atoms with E-state index in [9.17, 15) is 0 Å². The number of hydrogen-bond donors (Lipinski definition) is 0. The van der Waals surface area contributed by atoms with Gasteiger partial charge in [-0.1, -0.05) is 157 Å². The smallest absolute Gasteiger partial charge is 0.0466 e. The van der Waals surface area contributed by atoms with Crippen molar-refractivity contribution in [1.29, 1.82) is 0 Å². The number of hydrogen-bond acceptors (Lipinski definition) is 1. The standard InChI is InChI=1S/C32H66O/c1-7-11-23-29(5)31(9-3)25-19-15-13-17-21-27-33-28-22-18-14-16-20-26-32(10-4)30(6)24-12-8-2/h29-32H,7-28H2,1-6H3. The monoisotopic (exact) mass is 467 g/mol. The molecule has 0 spiro atoms. The highest BCUT2D eigenvalue weighted by molar-refractivity contribution is 4.67. The summed E-state index contributed by atoms with van der Waals surface area (Å²) in [5.41, 5.74) is 0. The lowest BCUT2D eigenvalue weighted by Gasteiger charge is -2.22. The second kappa shape index (κ2) is 25.1. The molecule has 0 rings (SSSR count). The highest BCUT2D eigenvalue weighted by Crippen LogP contribution is 2.27. The molecule has 0 aliphatic carbocycles. The third-order valence-corrected chi connectivity index (χ3v) is 8.41. The van der Waals surface area contributed by atoms with E-state index in [0.29, 0.717) is 0 Å². The first-order valence-corrected chi connectivity index (χ1v) is 15.7. The quantitative estimate of drug-likeness (QED) is 0.115. The van der Waals surface area contributed by atoms with E-state index >= 15 is 0 Å². The molecule has 0 amide bonds. The maximum Gasteiger partial charge on any atom is 0.0466 e. The van der Waals surface area contributed by atoms with E-state index in [0.717, 1.165) is 36.9 Å². The van der Waals surface area contributed by atoms with Crippen LogP contribution in [-0.2, 0) is 4.74 Å². The van der Waals surface area contributed by atoms with E-state index in [4.69, 9.17) is 4.74 Å². The summed E-state index contributed by atoms with van der Waals surface area (Å²) in [6, 6.07) is 0. The van der Waals surface area contributed by atoms with Crippen LogP contribution in [0.4, 0.5) is 0 Å². The third kappa shape index (κ3) is 19.9. The van der Waals surface area contributed by atoms with Crippen molar-refractivity contribution < 1.29 is 4.74 Å². The molecule has 200 valence electrons. The maximum absolute atomic E-state index is 5.90. The minimum absolute atomic E-state index is 0.927. The molecule has 0 aromatic rings. The van der Waals surface area contributed by atoms with Gasteiger partial charge >= 0.3 is 0 Å². The molecule has 0 saturated carbocycles. The lowest BCUT2D eigenvalue weighted by Crippen LogP contribution is -2.11. The molecule has 0 radical (unpaired) electrons. The summed E-state index contributed by atoms with van der Waals surface area (Å²) in [6.45, 7) is 16.4. The topological polar surface area (TPSA) is 9.23 Å². The van der Waals surface area contributed by atoms with Crippen LogP contribution in [0.15, 0.2) is 0 Å². The molecule has 0 heterocycles. The Kier molecular flexibility index (Phi) is 25.0. The van der Waals surface area contributed by atoms with Crippen molar-refractivity contribution in [3.63, 3.8) is 0 Å². The van der Waals surface area contributed by atoms with Crippen molar-refractivity contribution in [2.24, 2.45) is 23.7 Å². The molecular formula is C32H66O. The average Bonchev–Trinajstić information content (AvgIpc) is 2.83. The van der Waals surface area contributed by atoms with Crippen LogP contribution in [0.5, 0.6) is 0 Å². The molecule has 0 N–H and O–H groups in total. The van der Waals surface area contributed by atoms with E-state index in [-0.39, 0.29) is 0 Å². The predicted molar refractivity (Wildman–Crippen MR) is 151 cm³/mol. The highest BCUT2D eigenvalue weighted by Gasteiger charge is 2.15. The van der Waals surface area contributed by atoms with Gasteiger partial charge in [-0.25, -0.2) is 0 Å². The molecule has 1 heteroatoms. The Morgan fingerprint density at radius 2 is 0.788 bits per heavy atom. The zero-order valence-electron chi connectivity index (χ0n) is 24.3. The van der Waals surface area contributed by atoms with Crippen LogP contribution < -0.4 is 0 Å². The fourth-order valence-electron chi connectivity index (χ4n) is 5.69. The minimum Gasteiger partial charge on any atom is -0.381 e. The van der Waals surface area contributed by atoms with E-state index in [1.165, 1.54) is 128 Å². The summed E-state index contributed by atoms with van der Waals surface area (Å²) in [5.74, 6) is 3.77. The van der Waals surface area contributed by atoms with Crippen LogP contribution in [0.25, 0.3) is 0 Å². The molecule has 1 nitrogen and oxygen atoms in total. The van der Waals surface area contributed by atoms with E-state index in [2.05, 4.69) is 41.5 Å². The fraction of sp³-hybridized carbons (Fsp3) is 1.00. The van der Waals surface area contributed by atoms with Gasteiger partial charge in [0.05, 0.1) is 0 Å². The zero-order chi connectivity index (χ0) is 24.6. The van der Waals surface area contributed by atoms with Crippen molar-refractivity contribution in [3.05, 3.63) is 0 Å². The summed E-state index contributed by atoms with van der Waals surface area (Å²) in [5, 5.41) is 0. The normalized spacial score (nSPS) is 15.5. The van der Waals surface area contributed by atoms with Gasteiger partial charge in [-0.05, 0) is 36.5 Å². The molecule has 0 aliphatic rings. The van der Waals surface area contributed by atoms with Crippen molar-refractivity contribution in [3.8, 4) is 0 Å². The zero-order valence-corrected chi connectivity index (χ0v) is 24.3. The maximum atomic E-state index is 5.90. The third-order valence-electron chi connectivity index (χ3n) is 8.41. The lowest BCUT2D eigenvalue weighted by molar-refractivity contribution is 0.125. The Balaban J connectivity index is 3.43. The predicted octanol–water partition coefficient (Wildman–Crippen LogP) is 11.4. The first-order valence-electron chi connectivity index (χ1n) is 15.7. The van der Waals surface area contributed by atoms with Crippen LogP contribution in [0.1, 0.15) is 170 Å². The Labute approximate surface area is 211 Å². The van der Waals surface area contributed by atoms with Gasteiger partial charge in [-0.3, -0.25) is 0 Å². The summed E-state index contributed by atoms with van der Waals surface area (Å²) in [6.07, 6.45) is 27.8. The van der Waals surface area contributed by atoms with Gasteiger partial charge in [0, 0.05) is 13.2 Å². The first kappa shape index (κ1) is 33.0. The molecule has 33 heavy (non-hydrogen) atoms. The van der Waals surface area contributed by atoms with Gasteiger partial charge in [-0.2, -0.15) is 0 Å². The first-order chi connectivity index (χ1) is 16.1. The van der Waals surface area contributed by atoms with Gasteiger partial charge < -0.3 is 4.74 Å². The van der Waals surface area contributed by atoms with Gasteiger partial charge in [-0.15, -0.1) is 0 Å². The van der Waals surface area contributed by atoms with Gasteiger partial charge in [0.2, 0.25) is 0 Å². The Morgan fingerprint density at radius 3 is 1.15 bits per heavy atom. The van der Waals surface area contributed by atoms with Crippen LogP contribution in [0, 0.1) is 23.7 Å². The molecule has 0 aromatic carbocycles. The minimum atomic E-state index is 0.927. The number of ether oxygens (including phenoxy) is 1. The molecule has 4 atom stereocenters. The van der Waals surface area contributed by atoms with Crippen LogP contribution in [0.3, 0.4) is 0 Å². The second-order valence-corrected chi connectivity index (χ2v) is 11.3. The molecule has 0 aliphatic heterocycles. The van der Waals surface area contributed by atoms with E-state index in [1.54, 1.807) is 0 Å². The molecule has 0 bridgehead atoms. The van der Waals surface area contributed by atoms with Crippen molar-refractivity contribution in [2.75, 3.05) is 13.2 Å². The highest BCUT2D eigenvalue weighted by atomic mass is 16.5. The number of rotatable bonds is 26. The summed E-state index contributed by atoms with van der Waals surface area (Å²) in [7, 11) is 0. The van der Waals surface area contributed by atoms with E-state index in [1.807, 2.05) is 0 Å². The lowest BCUT2D eigenvalue weighted by atomic mass is 9.84. The molecule has 0 aromatic heterocycles. The van der Waals surface area contributed by atoms with Gasteiger partial charge in [0.1, 0.15) is 0 Å². The summed E-state index contributed by atoms with van der Waals surface area (Å²) in [4.78, 5) is 0.